The van der Waals surface area contributed by atoms with Gasteiger partial charge >= 0.3 is 0 Å². The molecule has 0 aliphatic rings. The van der Waals surface area contributed by atoms with Gasteiger partial charge in [0.2, 0.25) is 0 Å². The van der Waals surface area contributed by atoms with E-state index in [1.807, 2.05) is 13.8 Å². The molecule has 0 aromatic rings. The summed E-state index contributed by atoms with van der Waals surface area (Å²) in [6.45, 7) is 3.90. The van der Waals surface area contributed by atoms with Crippen LogP contribution in [0.1, 0.15) is 20.3 Å². The normalized spacial score (nSPS) is 15.4. The highest BCUT2D eigenvalue weighted by Gasteiger charge is 2.12. The van der Waals surface area contributed by atoms with Crippen LogP contribution in [0.2, 0.25) is 0 Å². The molecule has 3 nitrogen and oxygen atoms in total. The molecule has 0 saturated carbocycles. The van der Waals surface area contributed by atoms with Gasteiger partial charge in [0.05, 0.1) is 11.9 Å². The zero-order valence-electron chi connectivity index (χ0n) is 7.24. The van der Waals surface area contributed by atoms with Gasteiger partial charge in [-0.05, 0) is 12.3 Å². The Bertz CT molecular complexity index is 194. The Morgan fingerprint density at radius 3 is 2.09 bits per heavy atom. The fourth-order valence-electron chi connectivity index (χ4n) is 0.962. The summed E-state index contributed by atoms with van der Waals surface area (Å²) in [7, 11) is -3.02. The Morgan fingerprint density at radius 2 is 1.82 bits per heavy atom. The van der Waals surface area contributed by atoms with Crippen molar-refractivity contribution in [1.82, 2.24) is 0 Å². The number of aliphatic hydroxyl groups is 1. The van der Waals surface area contributed by atoms with E-state index in [1.165, 1.54) is 0 Å². The highest BCUT2D eigenvalue weighted by atomic mass is 32.2. The summed E-state index contributed by atoms with van der Waals surface area (Å²) in [6, 6.07) is 0. The number of sulfone groups is 1. The van der Waals surface area contributed by atoms with Crippen molar-refractivity contribution in [3.8, 4) is 0 Å². The molecule has 0 radical (unpaired) electrons. The molecule has 0 aliphatic carbocycles. The topological polar surface area (TPSA) is 54.4 Å². The summed E-state index contributed by atoms with van der Waals surface area (Å²) in [4.78, 5) is 0. The van der Waals surface area contributed by atoms with E-state index in [4.69, 9.17) is 0 Å². The number of hydrogen-bond donors (Lipinski definition) is 1. The zero-order chi connectivity index (χ0) is 9.07. The molecule has 68 valence electrons. The quantitative estimate of drug-likeness (QED) is 0.683. The molecule has 4 heteroatoms. The fourth-order valence-corrected chi connectivity index (χ4v) is 1.80. The largest absolute Gasteiger partial charge is 0.392 e. The maximum atomic E-state index is 10.7. The number of aliphatic hydroxyl groups excluding tert-OH is 1. The molecule has 1 N–H and O–H groups in total. The van der Waals surface area contributed by atoms with Crippen LogP contribution in [-0.4, -0.2) is 31.6 Å². The van der Waals surface area contributed by atoms with E-state index in [2.05, 4.69) is 0 Å². The van der Waals surface area contributed by atoms with Crippen LogP contribution in [0.25, 0.3) is 0 Å². The van der Waals surface area contributed by atoms with Gasteiger partial charge in [0.15, 0.2) is 0 Å². The lowest BCUT2D eigenvalue weighted by Crippen LogP contribution is -2.21. The van der Waals surface area contributed by atoms with Crippen LogP contribution in [-0.2, 0) is 9.84 Å². The molecule has 0 bridgehead atoms. The van der Waals surface area contributed by atoms with Gasteiger partial charge < -0.3 is 5.11 Å². The van der Waals surface area contributed by atoms with E-state index >= 15 is 0 Å². The summed E-state index contributed by atoms with van der Waals surface area (Å²) in [6.07, 6.45) is 0.980. The van der Waals surface area contributed by atoms with Crippen LogP contribution in [0.4, 0.5) is 0 Å². The van der Waals surface area contributed by atoms with E-state index in [9.17, 15) is 13.5 Å². The van der Waals surface area contributed by atoms with Crippen molar-refractivity contribution in [2.45, 2.75) is 26.4 Å². The maximum Gasteiger partial charge on any atom is 0.149 e. The first-order valence-corrected chi connectivity index (χ1v) is 5.73. The second kappa shape index (κ2) is 4.07. The van der Waals surface area contributed by atoms with Crippen LogP contribution in [0, 0.1) is 5.92 Å². The average molecular weight is 180 g/mol. The molecule has 1 atom stereocenters. The Labute approximate surface area is 68.3 Å². The molecule has 0 amide bonds. The first kappa shape index (κ1) is 10.9. The Hall–Kier alpha value is -0.0900. The van der Waals surface area contributed by atoms with E-state index in [0.29, 0.717) is 12.3 Å². The van der Waals surface area contributed by atoms with Crippen molar-refractivity contribution in [2.24, 2.45) is 5.92 Å². The summed E-state index contributed by atoms with van der Waals surface area (Å²) in [5, 5.41) is 9.18. The highest BCUT2D eigenvalue weighted by Crippen LogP contribution is 2.05. The summed E-state index contributed by atoms with van der Waals surface area (Å²) >= 11 is 0. The molecule has 0 fully saturated rings. The fraction of sp³-hybridized carbons (Fsp3) is 1.00. The standard InChI is InChI=1S/C7H16O3S/c1-6(2)4-7(8)5-11(3,9)10/h6-8H,4-5H2,1-3H3. The first-order valence-electron chi connectivity index (χ1n) is 3.67. The van der Waals surface area contributed by atoms with Gasteiger partial charge in [-0.3, -0.25) is 0 Å². The van der Waals surface area contributed by atoms with Crippen LogP contribution in [0.5, 0.6) is 0 Å². The van der Waals surface area contributed by atoms with E-state index in [0.717, 1.165) is 6.26 Å². The summed E-state index contributed by atoms with van der Waals surface area (Å²) in [5.74, 6) is 0.220. The van der Waals surface area contributed by atoms with Gasteiger partial charge in [-0.1, -0.05) is 13.8 Å². The van der Waals surface area contributed by atoms with Crippen molar-refractivity contribution in [3.05, 3.63) is 0 Å². The molecule has 0 rings (SSSR count). The van der Waals surface area contributed by atoms with E-state index in [-0.39, 0.29) is 5.75 Å². The van der Waals surface area contributed by atoms with Crippen molar-refractivity contribution in [1.29, 1.82) is 0 Å². The Kier molecular flexibility index (Phi) is 4.03. The molecule has 0 aliphatic heterocycles. The molecule has 0 aromatic carbocycles. The first-order chi connectivity index (χ1) is 4.81. The van der Waals surface area contributed by atoms with Gasteiger partial charge in [-0.25, -0.2) is 8.42 Å². The minimum Gasteiger partial charge on any atom is -0.392 e. The predicted octanol–water partition coefficient (Wildman–Crippen LogP) is 0.438. The van der Waals surface area contributed by atoms with Gasteiger partial charge in [0, 0.05) is 6.26 Å². The number of rotatable bonds is 4. The molecule has 0 spiro atoms. The molecule has 1 unspecified atom stereocenters. The van der Waals surface area contributed by atoms with Crippen molar-refractivity contribution in [3.63, 3.8) is 0 Å². The molecular formula is C7H16O3S. The SMILES string of the molecule is CC(C)CC(O)CS(C)(=O)=O. The second-order valence-electron chi connectivity index (χ2n) is 3.38. The van der Waals surface area contributed by atoms with Crippen molar-refractivity contribution >= 4 is 9.84 Å². The van der Waals surface area contributed by atoms with Crippen molar-refractivity contribution in [2.75, 3.05) is 12.0 Å². The Balaban J connectivity index is 3.80. The lowest BCUT2D eigenvalue weighted by atomic mass is 10.1. The van der Waals surface area contributed by atoms with Crippen LogP contribution < -0.4 is 0 Å². The van der Waals surface area contributed by atoms with Crippen LogP contribution in [0.3, 0.4) is 0 Å². The predicted molar refractivity (Wildman–Crippen MR) is 45.2 cm³/mol. The number of hydrogen-bond acceptors (Lipinski definition) is 3. The summed E-state index contributed by atoms with van der Waals surface area (Å²) < 4.78 is 21.3. The lowest BCUT2D eigenvalue weighted by Gasteiger charge is -2.10. The smallest absolute Gasteiger partial charge is 0.149 e. The minimum absolute atomic E-state index is 0.120. The van der Waals surface area contributed by atoms with E-state index < -0.39 is 15.9 Å². The Morgan fingerprint density at radius 1 is 1.36 bits per heavy atom. The lowest BCUT2D eigenvalue weighted by molar-refractivity contribution is 0.170. The van der Waals surface area contributed by atoms with Gasteiger partial charge in [-0.15, -0.1) is 0 Å². The van der Waals surface area contributed by atoms with Crippen LogP contribution in [0.15, 0.2) is 0 Å². The third-order valence-corrected chi connectivity index (χ3v) is 2.23. The monoisotopic (exact) mass is 180 g/mol. The highest BCUT2D eigenvalue weighted by molar-refractivity contribution is 7.90. The van der Waals surface area contributed by atoms with E-state index in [1.54, 1.807) is 0 Å². The minimum atomic E-state index is -3.02. The molecule has 11 heavy (non-hydrogen) atoms. The molecule has 0 saturated heterocycles. The van der Waals surface area contributed by atoms with Gasteiger partial charge in [0.1, 0.15) is 9.84 Å². The molecule has 0 heterocycles. The third-order valence-electron chi connectivity index (χ3n) is 1.24. The van der Waals surface area contributed by atoms with Gasteiger partial charge in [0.25, 0.3) is 0 Å². The molecular weight excluding hydrogens is 164 g/mol. The van der Waals surface area contributed by atoms with Crippen molar-refractivity contribution < 1.29 is 13.5 Å². The zero-order valence-corrected chi connectivity index (χ0v) is 8.06. The maximum absolute atomic E-state index is 10.7. The average Bonchev–Trinajstić information content (AvgIpc) is 1.53. The molecule has 0 aromatic heterocycles. The van der Waals surface area contributed by atoms with Gasteiger partial charge in [-0.2, -0.15) is 0 Å². The third kappa shape index (κ3) is 7.81. The summed E-state index contributed by atoms with van der Waals surface area (Å²) in [5.41, 5.74) is 0. The van der Waals surface area contributed by atoms with Crippen LogP contribution >= 0.6 is 0 Å². The second-order valence-corrected chi connectivity index (χ2v) is 5.56.